The molecule has 0 amide bonds. The molecular formula is C16H18O4. The van der Waals surface area contributed by atoms with Crippen LogP contribution in [0, 0.1) is 10.8 Å². The summed E-state index contributed by atoms with van der Waals surface area (Å²) in [6.45, 7) is 3.49. The molecule has 20 heavy (non-hydrogen) atoms. The predicted octanol–water partition coefficient (Wildman–Crippen LogP) is 3.03. The van der Waals surface area contributed by atoms with Crippen molar-refractivity contribution in [1.29, 1.82) is 0 Å². The zero-order valence-corrected chi connectivity index (χ0v) is 11.7. The SMILES string of the molecule is CC1(C(=O)OOC(=O)C2(C)C=CC=CC2)C=CC=CC1. The van der Waals surface area contributed by atoms with Gasteiger partial charge in [-0.15, -0.1) is 0 Å². The second-order valence-corrected chi connectivity index (χ2v) is 5.56. The molecule has 0 fully saturated rings. The van der Waals surface area contributed by atoms with E-state index < -0.39 is 22.8 Å². The molecule has 0 aromatic rings. The minimum atomic E-state index is -0.780. The Hall–Kier alpha value is -2.10. The van der Waals surface area contributed by atoms with Gasteiger partial charge in [-0.2, -0.15) is 0 Å². The standard InChI is InChI=1S/C16H18O4/c1-15(9-5-3-6-10-15)13(17)19-20-14(18)16(2)11-7-4-8-12-16/h3-9,11H,10,12H2,1-2H3. The van der Waals surface area contributed by atoms with Crippen LogP contribution in [-0.4, -0.2) is 11.9 Å². The minimum Gasteiger partial charge on any atom is -0.246 e. The fraction of sp³-hybridized carbons (Fsp3) is 0.375. The first-order chi connectivity index (χ1) is 9.46. The van der Waals surface area contributed by atoms with E-state index in [1.807, 2.05) is 24.3 Å². The molecular weight excluding hydrogens is 256 g/mol. The number of allylic oxidation sites excluding steroid dienone is 6. The van der Waals surface area contributed by atoms with E-state index in [9.17, 15) is 9.59 Å². The third-order valence-corrected chi connectivity index (χ3v) is 3.63. The second kappa shape index (κ2) is 5.49. The average Bonchev–Trinajstić information content (AvgIpc) is 2.46. The highest BCUT2D eigenvalue weighted by molar-refractivity contribution is 5.82. The van der Waals surface area contributed by atoms with Gasteiger partial charge in [0.2, 0.25) is 0 Å². The van der Waals surface area contributed by atoms with Crippen molar-refractivity contribution in [2.75, 3.05) is 0 Å². The summed E-state index contributed by atoms with van der Waals surface area (Å²) < 4.78 is 0. The average molecular weight is 274 g/mol. The quantitative estimate of drug-likeness (QED) is 0.573. The first-order valence-electron chi connectivity index (χ1n) is 6.58. The van der Waals surface area contributed by atoms with E-state index in [0.29, 0.717) is 12.8 Å². The molecule has 0 spiro atoms. The number of carbonyl (C=O) groups is 2. The van der Waals surface area contributed by atoms with Crippen LogP contribution in [0.15, 0.2) is 48.6 Å². The Morgan fingerprint density at radius 3 is 1.50 bits per heavy atom. The lowest BCUT2D eigenvalue weighted by Gasteiger charge is -2.25. The molecule has 2 aliphatic carbocycles. The lowest BCUT2D eigenvalue weighted by Crippen LogP contribution is -2.33. The number of rotatable bonds is 2. The molecule has 2 aliphatic rings. The van der Waals surface area contributed by atoms with Crippen LogP contribution in [0.3, 0.4) is 0 Å². The van der Waals surface area contributed by atoms with Gasteiger partial charge < -0.3 is 0 Å². The minimum absolute atomic E-state index is 0.528. The van der Waals surface area contributed by atoms with Crippen LogP contribution in [0.1, 0.15) is 26.7 Å². The van der Waals surface area contributed by atoms with E-state index in [-0.39, 0.29) is 0 Å². The number of hydrogen-bond donors (Lipinski definition) is 0. The van der Waals surface area contributed by atoms with Crippen molar-refractivity contribution in [3.8, 4) is 0 Å². The second-order valence-electron chi connectivity index (χ2n) is 5.56. The zero-order valence-electron chi connectivity index (χ0n) is 11.7. The molecule has 4 heteroatoms. The molecule has 4 nitrogen and oxygen atoms in total. The molecule has 0 aromatic heterocycles. The van der Waals surface area contributed by atoms with Crippen molar-refractivity contribution in [1.82, 2.24) is 0 Å². The molecule has 2 rings (SSSR count). The Labute approximate surface area is 118 Å². The summed E-state index contributed by atoms with van der Waals surface area (Å²) in [5.41, 5.74) is -1.56. The Morgan fingerprint density at radius 2 is 1.20 bits per heavy atom. The molecule has 0 saturated carbocycles. The zero-order chi connectivity index (χ0) is 14.6. The normalized spacial score (nSPS) is 31.1. The maximum absolute atomic E-state index is 12.0. The number of carbonyl (C=O) groups excluding carboxylic acids is 2. The van der Waals surface area contributed by atoms with Gasteiger partial charge in [0.05, 0.1) is 10.8 Å². The third-order valence-electron chi connectivity index (χ3n) is 3.63. The van der Waals surface area contributed by atoms with E-state index in [1.165, 1.54) is 0 Å². The highest BCUT2D eigenvalue weighted by atomic mass is 17.2. The van der Waals surface area contributed by atoms with Crippen LogP contribution in [0.2, 0.25) is 0 Å². The van der Waals surface area contributed by atoms with Gasteiger partial charge in [0.1, 0.15) is 0 Å². The van der Waals surface area contributed by atoms with Crippen molar-refractivity contribution in [2.24, 2.45) is 10.8 Å². The first kappa shape index (κ1) is 14.3. The van der Waals surface area contributed by atoms with E-state index in [0.717, 1.165) is 0 Å². The Bertz CT molecular complexity index is 479. The summed E-state index contributed by atoms with van der Waals surface area (Å²) in [6, 6.07) is 0. The van der Waals surface area contributed by atoms with Gasteiger partial charge in [-0.05, 0) is 26.7 Å². The molecule has 0 bridgehead atoms. The van der Waals surface area contributed by atoms with Crippen LogP contribution in [0.25, 0.3) is 0 Å². The molecule has 0 saturated heterocycles. The van der Waals surface area contributed by atoms with E-state index >= 15 is 0 Å². The summed E-state index contributed by atoms with van der Waals surface area (Å²) in [5, 5.41) is 0. The number of hydrogen-bond acceptors (Lipinski definition) is 4. The Kier molecular flexibility index (Phi) is 3.93. The third kappa shape index (κ3) is 2.90. The molecule has 2 unspecified atom stereocenters. The Balaban J connectivity index is 1.92. The summed E-state index contributed by atoms with van der Waals surface area (Å²) in [4.78, 5) is 33.5. The van der Waals surface area contributed by atoms with Gasteiger partial charge in [-0.3, -0.25) is 0 Å². The van der Waals surface area contributed by atoms with Crippen LogP contribution >= 0.6 is 0 Å². The van der Waals surface area contributed by atoms with Crippen molar-refractivity contribution in [2.45, 2.75) is 26.7 Å². The van der Waals surface area contributed by atoms with Gasteiger partial charge in [0.25, 0.3) is 0 Å². The summed E-state index contributed by atoms with van der Waals surface area (Å²) in [5.74, 6) is -1.13. The molecule has 0 heterocycles. The molecule has 106 valence electrons. The highest BCUT2D eigenvalue weighted by Crippen LogP contribution is 2.31. The highest BCUT2D eigenvalue weighted by Gasteiger charge is 2.37. The fourth-order valence-corrected chi connectivity index (χ4v) is 2.02. The maximum Gasteiger partial charge on any atom is 0.365 e. The van der Waals surface area contributed by atoms with Crippen LogP contribution in [-0.2, 0) is 19.4 Å². The van der Waals surface area contributed by atoms with Crippen LogP contribution < -0.4 is 0 Å². The molecule has 0 N–H and O–H groups in total. The van der Waals surface area contributed by atoms with Crippen LogP contribution in [0.4, 0.5) is 0 Å². The largest absolute Gasteiger partial charge is 0.365 e. The van der Waals surface area contributed by atoms with Gasteiger partial charge in [-0.25, -0.2) is 19.4 Å². The van der Waals surface area contributed by atoms with Crippen molar-refractivity contribution >= 4 is 11.9 Å². The Morgan fingerprint density at radius 1 is 0.800 bits per heavy atom. The molecule has 0 radical (unpaired) electrons. The first-order valence-corrected chi connectivity index (χ1v) is 6.58. The summed E-state index contributed by atoms with van der Waals surface area (Å²) >= 11 is 0. The predicted molar refractivity (Wildman–Crippen MR) is 74.2 cm³/mol. The topological polar surface area (TPSA) is 52.6 Å². The summed E-state index contributed by atoms with van der Waals surface area (Å²) in [7, 11) is 0. The molecule has 0 aromatic carbocycles. The van der Waals surface area contributed by atoms with E-state index in [4.69, 9.17) is 9.78 Å². The molecule has 0 aliphatic heterocycles. The van der Waals surface area contributed by atoms with Crippen molar-refractivity contribution < 1.29 is 19.4 Å². The van der Waals surface area contributed by atoms with Crippen molar-refractivity contribution in [3.05, 3.63) is 48.6 Å². The smallest absolute Gasteiger partial charge is 0.246 e. The van der Waals surface area contributed by atoms with E-state index in [1.54, 1.807) is 38.2 Å². The lowest BCUT2D eigenvalue weighted by atomic mass is 9.84. The molecule has 2 atom stereocenters. The maximum atomic E-state index is 12.0. The lowest BCUT2D eigenvalue weighted by molar-refractivity contribution is -0.269. The van der Waals surface area contributed by atoms with Crippen molar-refractivity contribution in [3.63, 3.8) is 0 Å². The monoisotopic (exact) mass is 274 g/mol. The fourth-order valence-electron chi connectivity index (χ4n) is 2.02. The van der Waals surface area contributed by atoms with Gasteiger partial charge >= 0.3 is 11.9 Å². The summed E-state index contributed by atoms with van der Waals surface area (Å²) in [6.07, 6.45) is 15.6. The van der Waals surface area contributed by atoms with E-state index in [2.05, 4.69) is 0 Å². The van der Waals surface area contributed by atoms with Gasteiger partial charge in [-0.1, -0.05) is 48.6 Å². The van der Waals surface area contributed by atoms with Gasteiger partial charge in [0.15, 0.2) is 0 Å². The van der Waals surface area contributed by atoms with Gasteiger partial charge in [0, 0.05) is 0 Å². The van der Waals surface area contributed by atoms with Crippen LogP contribution in [0.5, 0.6) is 0 Å².